The van der Waals surface area contributed by atoms with Crippen molar-refractivity contribution in [3.63, 3.8) is 0 Å². The van der Waals surface area contributed by atoms with Crippen LogP contribution >= 0.6 is 11.3 Å². The van der Waals surface area contributed by atoms with Crippen LogP contribution < -0.4 is 5.32 Å². The molecule has 0 radical (unpaired) electrons. The summed E-state index contributed by atoms with van der Waals surface area (Å²) in [5.41, 5.74) is 0. The lowest BCUT2D eigenvalue weighted by atomic mass is 9.97. The molecule has 3 nitrogen and oxygen atoms in total. The van der Waals surface area contributed by atoms with E-state index in [1.54, 1.807) is 0 Å². The highest BCUT2D eigenvalue weighted by Crippen LogP contribution is 2.17. The molecule has 0 aliphatic carbocycles. The number of β-amino-alcohol motifs (C(OH)–C–C–N with tert-alkyl or cyclic N) is 1. The van der Waals surface area contributed by atoms with E-state index in [0.29, 0.717) is 6.61 Å². The molecule has 0 saturated carbocycles. The molecule has 2 rings (SSSR count). The maximum Gasteiger partial charge on any atom is 0.0558 e. The number of aliphatic hydroxyl groups excluding tert-OH is 1. The molecular weight excluding hydrogens is 244 g/mol. The van der Waals surface area contributed by atoms with Gasteiger partial charge < -0.3 is 15.3 Å². The zero-order chi connectivity index (χ0) is 12.8. The van der Waals surface area contributed by atoms with Crippen LogP contribution in [-0.4, -0.2) is 42.8 Å². The van der Waals surface area contributed by atoms with Crippen LogP contribution in [-0.2, 0) is 6.54 Å². The van der Waals surface area contributed by atoms with Gasteiger partial charge in [-0.2, -0.15) is 0 Å². The summed E-state index contributed by atoms with van der Waals surface area (Å²) in [6.07, 6.45) is 2.52. The van der Waals surface area contributed by atoms with Crippen LogP contribution in [0.3, 0.4) is 0 Å². The Hall–Kier alpha value is -0.420. The minimum atomic E-state index is 0.292. The van der Waals surface area contributed by atoms with Crippen LogP contribution in [0.1, 0.15) is 22.6 Å². The number of aliphatic hydroxyl groups is 1. The molecule has 0 aromatic carbocycles. The Morgan fingerprint density at radius 2 is 2.17 bits per heavy atom. The van der Waals surface area contributed by atoms with Gasteiger partial charge in [0, 0.05) is 22.8 Å². The summed E-state index contributed by atoms with van der Waals surface area (Å²) in [5.74, 6) is 0.806. The summed E-state index contributed by atoms with van der Waals surface area (Å²) in [4.78, 5) is 5.19. The maximum atomic E-state index is 8.90. The van der Waals surface area contributed by atoms with Gasteiger partial charge in [0.2, 0.25) is 0 Å². The van der Waals surface area contributed by atoms with E-state index in [2.05, 4.69) is 29.3 Å². The highest BCUT2D eigenvalue weighted by molar-refractivity contribution is 7.11. The Labute approximate surface area is 114 Å². The van der Waals surface area contributed by atoms with Crippen LogP contribution in [0, 0.1) is 12.8 Å². The number of piperidine rings is 1. The minimum absolute atomic E-state index is 0.292. The SMILES string of the molecule is Cc1ccc(CNCC2CCN(CCO)CC2)s1. The predicted octanol–water partition coefficient (Wildman–Crippen LogP) is 1.85. The van der Waals surface area contributed by atoms with E-state index in [1.807, 2.05) is 11.3 Å². The van der Waals surface area contributed by atoms with Crippen molar-refractivity contribution in [3.8, 4) is 0 Å². The third-order valence-electron chi connectivity index (χ3n) is 3.65. The molecule has 0 amide bonds. The van der Waals surface area contributed by atoms with Crippen LogP contribution in [0.2, 0.25) is 0 Å². The van der Waals surface area contributed by atoms with Gasteiger partial charge in [0.05, 0.1) is 6.61 Å². The standard InChI is InChI=1S/C14H24N2OS/c1-12-2-3-14(18-12)11-15-10-13-4-6-16(7-5-13)8-9-17/h2-3,13,15,17H,4-11H2,1H3. The Bertz CT molecular complexity index is 345. The number of thiophene rings is 1. The van der Waals surface area contributed by atoms with Gasteiger partial charge >= 0.3 is 0 Å². The first-order valence-corrected chi connectivity index (χ1v) is 7.69. The second kappa shape index (κ2) is 7.24. The first kappa shape index (κ1) is 14.0. The van der Waals surface area contributed by atoms with Crippen molar-refractivity contribution in [3.05, 3.63) is 21.9 Å². The molecule has 0 unspecified atom stereocenters. The number of nitrogens with one attached hydrogen (secondary N) is 1. The summed E-state index contributed by atoms with van der Waals surface area (Å²) >= 11 is 1.88. The Balaban J connectivity index is 1.60. The van der Waals surface area contributed by atoms with Crippen molar-refractivity contribution in [2.45, 2.75) is 26.3 Å². The first-order chi connectivity index (χ1) is 8.78. The monoisotopic (exact) mass is 268 g/mol. The third-order valence-corrected chi connectivity index (χ3v) is 4.65. The first-order valence-electron chi connectivity index (χ1n) is 6.87. The van der Waals surface area contributed by atoms with Crippen molar-refractivity contribution in [1.82, 2.24) is 10.2 Å². The van der Waals surface area contributed by atoms with Gasteiger partial charge in [0.25, 0.3) is 0 Å². The van der Waals surface area contributed by atoms with E-state index < -0.39 is 0 Å². The van der Waals surface area contributed by atoms with Gasteiger partial charge in [-0.1, -0.05) is 0 Å². The lowest BCUT2D eigenvalue weighted by molar-refractivity contribution is 0.146. The molecular formula is C14H24N2OS. The molecule has 102 valence electrons. The van der Waals surface area contributed by atoms with Gasteiger partial charge in [0.15, 0.2) is 0 Å². The second-order valence-electron chi connectivity index (χ2n) is 5.15. The van der Waals surface area contributed by atoms with Gasteiger partial charge in [-0.3, -0.25) is 0 Å². The molecule has 1 fully saturated rings. The predicted molar refractivity (Wildman–Crippen MR) is 77.0 cm³/mol. The fourth-order valence-electron chi connectivity index (χ4n) is 2.54. The molecule has 18 heavy (non-hydrogen) atoms. The molecule has 2 N–H and O–H groups in total. The fraction of sp³-hybridized carbons (Fsp3) is 0.714. The molecule has 4 heteroatoms. The van der Waals surface area contributed by atoms with Crippen molar-refractivity contribution in [1.29, 1.82) is 0 Å². The number of rotatable bonds is 6. The molecule has 0 atom stereocenters. The Morgan fingerprint density at radius 3 is 2.78 bits per heavy atom. The van der Waals surface area contributed by atoms with Crippen molar-refractivity contribution < 1.29 is 5.11 Å². The van der Waals surface area contributed by atoms with Crippen LogP contribution in [0.15, 0.2) is 12.1 Å². The quantitative estimate of drug-likeness (QED) is 0.826. The molecule has 0 bridgehead atoms. The van der Waals surface area contributed by atoms with E-state index in [4.69, 9.17) is 5.11 Å². The smallest absolute Gasteiger partial charge is 0.0558 e. The van der Waals surface area contributed by atoms with Gasteiger partial charge in [-0.05, 0) is 57.5 Å². The van der Waals surface area contributed by atoms with Crippen molar-refractivity contribution in [2.24, 2.45) is 5.92 Å². The van der Waals surface area contributed by atoms with Crippen LogP contribution in [0.25, 0.3) is 0 Å². The normalized spacial score (nSPS) is 18.3. The fourth-order valence-corrected chi connectivity index (χ4v) is 3.40. The number of aryl methyl sites for hydroxylation is 1. The summed E-state index contributed by atoms with van der Waals surface area (Å²) in [5, 5.41) is 12.5. The molecule has 1 aromatic heterocycles. The average Bonchev–Trinajstić information content (AvgIpc) is 2.78. The lowest BCUT2D eigenvalue weighted by Crippen LogP contribution is -2.38. The number of likely N-dealkylation sites (tertiary alicyclic amines) is 1. The van der Waals surface area contributed by atoms with E-state index in [1.165, 1.54) is 22.6 Å². The summed E-state index contributed by atoms with van der Waals surface area (Å²) in [6, 6.07) is 4.41. The largest absolute Gasteiger partial charge is 0.395 e. The van der Waals surface area contributed by atoms with E-state index in [0.717, 1.165) is 38.6 Å². The zero-order valence-corrected chi connectivity index (χ0v) is 12.0. The molecule has 0 spiro atoms. The molecule has 1 saturated heterocycles. The van der Waals surface area contributed by atoms with Gasteiger partial charge in [-0.15, -0.1) is 11.3 Å². The van der Waals surface area contributed by atoms with Crippen LogP contribution in [0.5, 0.6) is 0 Å². The van der Waals surface area contributed by atoms with Crippen LogP contribution in [0.4, 0.5) is 0 Å². The van der Waals surface area contributed by atoms with Crippen molar-refractivity contribution >= 4 is 11.3 Å². The van der Waals surface area contributed by atoms with E-state index >= 15 is 0 Å². The van der Waals surface area contributed by atoms with Gasteiger partial charge in [0.1, 0.15) is 0 Å². The zero-order valence-electron chi connectivity index (χ0n) is 11.2. The summed E-state index contributed by atoms with van der Waals surface area (Å²) < 4.78 is 0. The van der Waals surface area contributed by atoms with E-state index in [9.17, 15) is 0 Å². The molecule has 1 aliphatic heterocycles. The minimum Gasteiger partial charge on any atom is -0.395 e. The summed E-state index contributed by atoms with van der Waals surface area (Å²) in [6.45, 7) is 7.72. The molecule has 2 heterocycles. The number of hydrogen-bond donors (Lipinski definition) is 2. The number of hydrogen-bond acceptors (Lipinski definition) is 4. The average molecular weight is 268 g/mol. The third kappa shape index (κ3) is 4.35. The second-order valence-corrected chi connectivity index (χ2v) is 6.52. The van der Waals surface area contributed by atoms with Crippen molar-refractivity contribution in [2.75, 3.05) is 32.8 Å². The topological polar surface area (TPSA) is 35.5 Å². The summed E-state index contributed by atoms with van der Waals surface area (Å²) in [7, 11) is 0. The molecule has 1 aliphatic rings. The highest BCUT2D eigenvalue weighted by atomic mass is 32.1. The Morgan fingerprint density at radius 1 is 1.39 bits per heavy atom. The number of nitrogens with zero attached hydrogens (tertiary/aromatic N) is 1. The van der Waals surface area contributed by atoms with E-state index in [-0.39, 0.29) is 0 Å². The Kier molecular flexibility index (Phi) is 5.63. The lowest BCUT2D eigenvalue weighted by Gasteiger charge is -2.31. The highest BCUT2D eigenvalue weighted by Gasteiger charge is 2.18. The maximum absolute atomic E-state index is 8.90. The van der Waals surface area contributed by atoms with Gasteiger partial charge in [-0.25, -0.2) is 0 Å². The molecule has 1 aromatic rings.